The van der Waals surface area contributed by atoms with Crippen molar-refractivity contribution in [1.29, 1.82) is 0 Å². The number of hydrogen-bond acceptors (Lipinski definition) is 3. The van der Waals surface area contributed by atoms with Crippen LogP contribution in [0.5, 0.6) is 0 Å². The highest BCUT2D eigenvalue weighted by Crippen LogP contribution is 2.03. The molecular formula is C18H29N4O3+. The molecule has 1 aromatic carbocycles. The monoisotopic (exact) mass is 349 g/mol. The van der Waals surface area contributed by atoms with E-state index < -0.39 is 0 Å². The molecule has 1 atom stereocenters. The number of nitrogens with zero attached hydrogens (tertiary/aromatic N) is 1. The SMILES string of the molecule is CCNC(=O)CN(CC)C(=O)C[NH+](C)Cc1ccc(C(=O)NC)cc1. The van der Waals surface area contributed by atoms with E-state index in [1.807, 2.05) is 33.0 Å². The van der Waals surface area contributed by atoms with Crippen LogP contribution in [0, 0.1) is 0 Å². The number of hydrogen-bond donors (Lipinski definition) is 3. The van der Waals surface area contributed by atoms with Crippen molar-refractivity contribution in [1.82, 2.24) is 15.5 Å². The summed E-state index contributed by atoms with van der Waals surface area (Å²) in [4.78, 5) is 38.1. The van der Waals surface area contributed by atoms with Crippen LogP contribution in [0.2, 0.25) is 0 Å². The first kappa shape index (κ1) is 20.6. The Morgan fingerprint density at radius 1 is 1.12 bits per heavy atom. The lowest BCUT2D eigenvalue weighted by molar-refractivity contribution is -0.885. The maximum absolute atomic E-state index is 12.4. The van der Waals surface area contributed by atoms with Crippen LogP contribution in [0.25, 0.3) is 0 Å². The number of carbonyl (C=O) groups excluding carboxylic acids is 3. The summed E-state index contributed by atoms with van der Waals surface area (Å²) in [5, 5.41) is 5.29. The van der Waals surface area contributed by atoms with Crippen LogP contribution < -0.4 is 15.5 Å². The second-order valence-electron chi connectivity index (χ2n) is 5.95. The van der Waals surface area contributed by atoms with Gasteiger partial charge < -0.3 is 20.4 Å². The Hall–Kier alpha value is -2.41. The van der Waals surface area contributed by atoms with E-state index in [0.717, 1.165) is 10.5 Å². The molecule has 3 amide bonds. The minimum atomic E-state index is -0.139. The first-order valence-corrected chi connectivity index (χ1v) is 8.58. The Kier molecular flexibility index (Phi) is 8.63. The third-order valence-electron chi connectivity index (χ3n) is 3.84. The Morgan fingerprint density at radius 2 is 1.76 bits per heavy atom. The maximum atomic E-state index is 12.4. The molecule has 0 saturated carbocycles. The molecule has 0 aliphatic rings. The van der Waals surface area contributed by atoms with Crippen molar-refractivity contribution >= 4 is 17.7 Å². The fourth-order valence-corrected chi connectivity index (χ4v) is 2.50. The number of amides is 3. The summed E-state index contributed by atoms with van der Waals surface area (Å²) in [6.07, 6.45) is 0. The van der Waals surface area contributed by atoms with E-state index in [1.165, 1.54) is 0 Å². The van der Waals surface area contributed by atoms with E-state index in [2.05, 4.69) is 10.6 Å². The number of likely N-dealkylation sites (N-methyl/N-ethyl adjacent to an activating group) is 3. The molecule has 7 nitrogen and oxygen atoms in total. The fraction of sp³-hybridized carbons (Fsp3) is 0.500. The van der Waals surface area contributed by atoms with Crippen molar-refractivity contribution in [2.75, 3.05) is 40.3 Å². The summed E-state index contributed by atoms with van der Waals surface area (Å²) in [6, 6.07) is 7.34. The Morgan fingerprint density at radius 3 is 2.28 bits per heavy atom. The van der Waals surface area contributed by atoms with E-state index in [9.17, 15) is 14.4 Å². The lowest BCUT2D eigenvalue weighted by atomic mass is 10.1. The van der Waals surface area contributed by atoms with Crippen LogP contribution in [0.4, 0.5) is 0 Å². The number of carbonyl (C=O) groups is 3. The van der Waals surface area contributed by atoms with Gasteiger partial charge in [-0.1, -0.05) is 12.1 Å². The van der Waals surface area contributed by atoms with Gasteiger partial charge in [-0.05, 0) is 26.0 Å². The highest BCUT2D eigenvalue weighted by Gasteiger charge is 2.19. The first-order valence-electron chi connectivity index (χ1n) is 8.58. The third kappa shape index (κ3) is 6.93. The van der Waals surface area contributed by atoms with Gasteiger partial charge in [0.05, 0.1) is 13.6 Å². The van der Waals surface area contributed by atoms with E-state index in [4.69, 9.17) is 0 Å². The predicted molar refractivity (Wildman–Crippen MR) is 96.2 cm³/mol. The molecule has 0 bridgehead atoms. The molecule has 1 rings (SSSR count). The van der Waals surface area contributed by atoms with Crippen LogP contribution in [0.15, 0.2) is 24.3 Å². The van der Waals surface area contributed by atoms with Gasteiger partial charge in [-0.3, -0.25) is 14.4 Å². The molecule has 25 heavy (non-hydrogen) atoms. The third-order valence-corrected chi connectivity index (χ3v) is 3.84. The summed E-state index contributed by atoms with van der Waals surface area (Å²) < 4.78 is 0. The normalized spacial score (nSPS) is 11.5. The Labute approximate surface area is 149 Å². The lowest BCUT2D eigenvalue weighted by Crippen LogP contribution is -3.08. The quantitative estimate of drug-likeness (QED) is 0.537. The van der Waals surface area contributed by atoms with Crippen LogP contribution >= 0.6 is 0 Å². The van der Waals surface area contributed by atoms with Crippen molar-refractivity contribution in [3.63, 3.8) is 0 Å². The zero-order valence-corrected chi connectivity index (χ0v) is 15.5. The summed E-state index contributed by atoms with van der Waals surface area (Å²) in [5.41, 5.74) is 1.66. The van der Waals surface area contributed by atoms with Gasteiger partial charge in [0.25, 0.3) is 11.8 Å². The molecular weight excluding hydrogens is 320 g/mol. The van der Waals surface area contributed by atoms with E-state index in [-0.39, 0.29) is 24.3 Å². The van der Waals surface area contributed by atoms with Crippen molar-refractivity contribution in [2.45, 2.75) is 20.4 Å². The lowest BCUT2D eigenvalue weighted by Gasteiger charge is -2.22. The van der Waals surface area contributed by atoms with Crippen molar-refractivity contribution in [3.05, 3.63) is 35.4 Å². The summed E-state index contributed by atoms with van der Waals surface area (Å²) in [7, 11) is 3.53. The summed E-state index contributed by atoms with van der Waals surface area (Å²) in [5.74, 6) is -0.306. The summed E-state index contributed by atoms with van der Waals surface area (Å²) >= 11 is 0. The number of nitrogens with one attached hydrogen (secondary N) is 3. The predicted octanol–water partition coefficient (Wildman–Crippen LogP) is -0.954. The van der Waals surface area contributed by atoms with Gasteiger partial charge in [0.2, 0.25) is 5.91 Å². The Bertz CT molecular complexity index is 586. The number of benzene rings is 1. The van der Waals surface area contributed by atoms with Crippen molar-refractivity contribution in [2.24, 2.45) is 0 Å². The molecule has 0 radical (unpaired) electrons. The molecule has 0 aromatic heterocycles. The average molecular weight is 349 g/mol. The van der Waals surface area contributed by atoms with E-state index in [1.54, 1.807) is 24.1 Å². The van der Waals surface area contributed by atoms with Crippen LogP contribution in [0.3, 0.4) is 0 Å². The molecule has 0 heterocycles. The fourth-order valence-electron chi connectivity index (χ4n) is 2.50. The molecule has 0 spiro atoms. The standard InChI is InChI=1S/C18H28N4O3/c1-5-20-16(23)12-22(6-2)17(24)13-21(4)11-14-7-9-15(10-8-14)18(25)19-3/h7-10H,5-6,11-13H2,1-4H3,(H,19,25)(H,20,23)/p+1. The highest BCUT2D eigenvalue weighted by atomic mass is 16.2. The van der Waals surface area contributed by atoms with Gasteiger partial charge in [0.1, 0.15) is 6.54 Å². The zero-order chi connectivity index (χ0) is 18.8. The average Bonchev–Trinajstić information content (AvgIpc) is 2.59. The second-order valence-corrected chi connectivity index (χ2v) is 5.95. The molecule has 0 saturated heterocycles. The van der Waals surface area contributed by atoms with Crippen LogP contribution in [-0.4, -0.2) is 62.9 Å². The van der Waals surface area contributed by atoms with Gasteiger partial charge in [0, 0.05) is 31.3 Å². The molecule has 1 unspecified atom stereocenters. The largest absolute Gasteiger partial charge is 0.355 e. The van der Waals surface area contributed by atoms with Gasteiger partial charge in [0.15, 0.2) is 6.54 Å². The Balaban J connectivity index is 2.56. The van der Waals surface area contributed by atoms with Gasteiger partial charge >= 0.3 is 0 Å². The minimum absolute atomic E-state index is 0.0479. The van der Waals surface area contributed by atoms with Crippen LogP contribution in [0.1, 0.15) is 29.8 Å². The number of rotatable bonds is 9. The first-order chi connectivity index (χ1) is 11.9. The van der Waals surface area contributed by atoms with Crippen molar-refractivity contribution < 1.29 is 19.3 Å². The summed E-state index contributed by atoms with van der Waals surface area (Å²) in [6.45, 7) is 5.85. The van der Waals surface area contributed by atoms with Gasteiger partial charge in [-0.25, -0.2) is 0 Å². The smallest absolute Gasteiger partial charge is 0.278 e. The molecule has 3 N–H and O–H groups in total. The van der Waals surface area contributed by atoms with Gasteiger partial charge in [-0.2, -0.15) is 0 Å². The highest BCUT2D eigenvalue weighted by molar-refractivity contribution is 5.93. The van der Waals surface area contributed by atoms with E-state index in [0.29, 0.717) is 31.7 Å². The second kappa shape index (κ2) is 10.5. The molecule has 0 fully saturated rings. The topological polar surface area (TPSA) is 83.0 Å². The maximum Gasteiger partial charge on any atom is 0.278 e. The minimum Gasteiger partial charge on any atom is -0.355 e. The number of quaternary nitrogens is 1. The molecule has 1 aromatic rings. The molecule has 7 heteroatoms. The zero-order valence-electron chi connectivity index (χ0n) is 15.5. The molecule has 0 aliphatic carbocycles. The van der Waals surface area contributed by atoms with Crippen LogP contribution in [-0.2, 0) is 16.1 Å². The molecule has 0 aliphatic heterocycles. The van der Waals surface area contributed by atoms with Crippen molar-refractivity contribution in [3.8, 4) is 0 Å². The molecule has 138 valence electrons. The van der Waals surface area contributed by atoms with E-state index >= 15 is 0 Å². The van der Waals surface area contributed by atoms with Gasteiger partial charge in [-0.15, -0.1) is 0 Å².